The first-order valence-corrected chi connectivity index (χ1v) is 6.76. The van der Waals surface area contributed by atoms with Gasteiger partial charge in [-0.15, -0.1) is 24.8 Å². The minimum Gasteiger partial charge on any atom is -0.350 e. The molecule has 3 rings (SSSR count). The van der Waals surface area contributed by atoms with Crippen LogP contribution in [-0.2, 0) is 7.05 Å². The van der Waals surface area contributed by atoms with Crippen LogP contribution >= 0.6 is 24.8 Å². The van der Waals surface area contributed by atoms with E-state index in [1.165, 1.54) is 16.5 Å². The molecule has 2 heterocycles. The number of aromatic nitrogens is 1. The van der Waals surface area contributed by atoms with E-state index in [1.807, 2.05) is 0 Å². The third-order valence-electron chi connectivity index (χ3n) is 4.08. The van der Waals surface area contributed by atoms with Crippen LogP contribution in [0, 0.1) is 0 Å². The van der Waals surface area contributed by atoms with Crippen molar-refractivity contribution in [2.75, 3.05) is 26.2 Å². The molecule has 1 fully saturated rings. The average Bonchev–Trinajstić information content (AvgIpc) is 2.77. The van der Waals surface area contributed by atoms with Gasteiger partial charge in [0, 0.05) is 56.4 Å². The molecule has 0 aliphatic carbocycles. The van der Waals surface area contributed by atoms with Crippen molar-refractivity contribution in [1.29, 1.82) is 0 Å². The van der Waals surface area contributed by atoms with E-state index in [1.54, 1.807) is 0 Å². The molecule has 1 atom stereocenters. The fraction of sp³-hybridized carbons (Fsp3) is 0.467. The summed E-state index contributed by atoms with van der Waals surface area (Å²) in [7, 11) is 2.14. The van der Waals surface area contributed by atoms with Crippen LogP contribution in [0.5, 0.6) is 0 Å². The second-order valence-electron chi connectivity index (χ2n) is 5.17. The highest BCUT2D eigenvalue weighted by Crippen LogP contribution is 2.29. The van der Waals surface area contributed by atoms with E-state index in [2.05, 4.69) is 59.2 Å². The summed E-state index contributed by atoms with van der Waals surface area (Å²) in [6.45, 7) is 6.83. The Bertz CT molecular complexity index is 547. The Labute approximate surface area is 133 Å². The van der Waals surface area contributed by atoms with Gasteiger partial charge < -0.3 is 9.88 Å². The SMILES string of the molecule is C[C@@H](c1cn(C)c2ccccc12)N1CCNCC1.Cl.Cl. The van der Waals surface area contributed by atoms with E-state index in [9.17, 15) is 0 Å². The molecule has 1 aliphatic heterocycles. The van der Waals surface area contributed by atoms with Crippen LogP contribution in [0.4, 0.5) is 0 Å². The molecule has 0 saturated carbocycles. The van der Waals surface area contributed by atoms with Gasteiger partial charge in [0.15, 0.2) is 0 Å². The first kappa shape index (κ1) is 17.3. The number of para-hydroxylation sites is 1. The predicted molar refractivity (Wildman–Crippen MR) is 90.3 cm³/mol. The molecule has 20 heavy (non-hydrogen) atoms. The first-order valence-electron chi connectivity index (χ1n) is 6.76. The van der Waals surface area contributed by atoms with Crippen LogP contribution in [-0.4, -0.2) is 35.6 Å². The second kappa shape index (κ2) is 7.32. The maximum Gasteiger partial charge on any atom is 0.0481 e. The average molecular weight is 316 g/mol. The highest BCUT2D eigenvalue weighted by atomic mass is 35.5. The number of fused-ring (bicyclic) bond motifs is 1. The van der Waals surface area contributed by atoms with Crippen LogP contribution in [0.3, 0.4) is 0 Å². The Kier molecular flexibility index (Phi) is 6.34. The highest BCUT2D eigenvalue weighted by Gasteiger charge is 2.20. The summed E-state index contributed by atoms with van der Waals surface area (Å²) < 4.78 is 2.24. The second-order valence-corrected chi connectivity index (χ2v) is 5.17. The van der Waals surface area contributed by atoms with Gasteiger partial charge in [0.1, 0.15) is 0 Å². The standard InChI is InChI=1S/C15H21N3.2ClH/c1-12(18-9-7-16-8-10-18)14-11-17(2)15-6-4-3-5-13(14)15;;/h3-6,11-12,16H,7-10H2,1-2H3;2*1H/t12-;;/m0../s1. The fourth-order valence-corrected chi connectivity index (χ4v) is 2.97. The molecular weight excluding hydrogens is 293 g/mol. The molecule has 0 spiro atoms. The molecule has 0 bridgehead atoms. The number of hydrogen-bond donors (Lipinski definition) is 1. The van der Waals surface area contributed by atoms with Gasteiger partial charge in [-0.25, -0.2) is 0 Å². The zero-order valence-electron chi connectivity index (χ0n) is 12.0. The number of nitrogens with one attached hydrogen (secondary N) is 1. The molecule has 1 aliphatic rings. The van der Waals surface area contributed by atoms with Gasteiger partial charge >= 0.3 is 0 Å². The maximum absolute atomic E-state index is 3.42. The number of hydrogen-bond acceptors (Lipinski definition) is 2. The minimum atomic E-state index is 0. The third-order valence-corrected chi connectivity index (χ3v) is 4.08. The number of piperazine rings is 1. The molecule has 0 unspecified atom stereocenters. The summed E-state index contributed by atoms with van der Waals surface area (Å²) in [5, 5.41) is 4.81. The van der Waals surface area contributed by atoms with E-state index < -0.39 is 0 Å². The van der Waals surface area contributed by atoms with E-state index in [0.29, 0.717) is 6.04 Å². The van der Waals surface area contributed by atoms with Crippen molar-refractivity contribution >= 4 is 35.7 Å². The quantitative estimate of drug-likeness (QED) is 0.919. The number of rotatable bonds is 2. The highest BCUT2D eigenvalue weighted by molar-refractivity contribution is 5.85. The number of nitrogens with zero attached hydrogens (tertiary/aromatic N) is 2. The number of benzene rings is 1. The molecule has 5 heteroatoms. The van der Waals surface area contributed by atoms with Crippen molar-refractivity contribution in [3.63, 3.8) is 0 Å². The zero-order valence-corrected chi connectivity index (χ0v) is 13.6. The van der Waals surface area contributed by atoms with E-state index in [0.717, 1.165) is 26.2 Å². The van der Waals surface area contributed by atoms with Crippen LogP contribution in [0.2, 0.25) is 0 Å². The Hall–Kier alpha value is -0.740. The van der Waals surface area contributed by atoms with Crippen molar-refractivity contribution in [3.8, 4) is 0 Å². The van der Waals surface area contributed by atoms with Crippen molar-refractivity contribution in [2.24, 2.45) is 7.05 Å². The summed E-state index contributed by atoms with van der Waals surface area (Å²) in [5.74, 6) is 0. The molecule has 1 N–H and O–H groups in total. The lowest BCUT2D eigenvalue weighted by Gasteiger charge is -2.32. The lowest BCUT2D eigenvalue weighted by Crippen LogP contribution is -2.44. The first-order chi connectivity index (χ1) is 8.77. The topological polar surface area (TPSA) is 20.2 Å². The van der Waals surface area contributed by atoms with E-state index in [4.69, 9.17) is 0 Å². The minimum absolute atomic E-state index is 0. The smallest absolute Gasteiger partial charge is 0.0481 e. The Morgan fingerprint density at radius 2 is 1.75 bits per heavy atom. The maximum atomic E-state index is 3.42. The molecule has 1 aromatic carbocycles. The Morgan fingerprint density at radius 3 is 2.45 bits per heavy atom. The van der Waals surface area contributed by atoms with Crippen molar-refractivity contribution in [2.45, 2.75) is 13.0 Å². The van der Waals surface area contributed by atoms with E-state index >= 15 is 0 Å². The summed E-state index contributed by atoms with van der Waals surface area (Å²) in [4.78, 5) is 2.57. The molecule has 1 saturated heterocycles. The largest absolute Gasteiger partial charge is 0.350 e. The summed E-state index contributed by atoms with van der Waals surface area (Å²) >= 11 is 0. The summed E-state index contributed by atoms with van der Waals surface area (Å²) in [5.41, 5.74) is 2.78. The predicted octanol–water partition coefficient (Wildman–Crippen LogP) is 2.99. The van der Waals surface area contributed by atoms with Crippen molar-refractivity contribution < 1.29 is 0 Å². The van der Waals surface area contributed by atoms with Gasteiger partial charge in [-0.2, -0.15) is 0 Å². The normalized spacial score (nSPS) is 17.3. The fourth-order valence-electron chi connectivity index (χ4n) is 2.97. The van der Waals surface area contributed by atoms with Crippen molar-refractivity contribution in [1.82, 2.24) is 14.8 Å². The third kappa shape index (κ3) is 3.12. The summed E-state index contributed by atoms with van der Waals surface area (Å²) in [6, 6.07) is 9.18. The molecule has 0 amide bonds. The molecule has 0 radical (unpaired) electrons. The Morgan fingerprint density at radius 1 is 1.10 bits per heavy atom. The molecular formula is C15H23Cl2N3. The lowest BCUT2D eigenvalue weighted by atomic mass is 10.1. The zero-order chi connectivity index (χ0) is 12.5. The van der Waals surface area contributed by atoms with E-state index in [-0.39, 0.29) is 24.8 Å². The van der Waals surface area contributed by atoms with Gasteiger partial charge in [-0.05, 0) is 18.6 Å². The molecule has 3 nitrogen and oxygen atoms in total. The van der Waals surface area contributed by atoms with Gasteiger partial charge in [0.25, 0.3) is 0 Å². The van der Waals surface area contributed by atoms with Crippen molar-refractivity contribution in [3.05, 3.63) is 36.0 Å². The summed E-state index contributed by atoms with van der Waals surface area (Å²) in [6.07, 6.45) is 2.29. The monoisotopic (exact) mass is 315 g/mol. The van der Waals surface area contributed by atoms with Crippen LogP contribution < -0.4 is 5.32 Å². The Balaban J connectivity index is 0.000001000. The molecule has 112 valence electrons. The van der Waals surface area contributed by atoms with Crippen LogP contribution in [0.1, 0.15) is 18.5 Å². The van der Waals surface area contributed by atoms with Gasteiger partial charge in [-0.3, -0.25) is 4.90 Å². The van der Waals surface area contributed by atoms with Gasteiger partial charge in [0.2, 0.25) is 0 Å². The number of aryl methyl sites for hydroxylation is 1. The van der Waals surface area contributed by atoms with Gasteiger partial charge in [-0.1, -0.05) is 18.2 Å². The lowest BCUT2D eigenvalue weighted by molar-refractivity contribution is 0.186. The van der Waals surface area contributed by atoms with Crippen LogP contribution in [0.15, 0.2) is 30.5 Å². The molecule has 1 aromatic heterocycles. The number of halogens is 2. The van der Waals surface area contributed by atoms with Crippen LogP contribution in [0.25, 0.3) is 10.9 Å². The van der Waals surface area contributed by atoms with Gasteiger partial charge in [0.05, 0.1) is 0 Å². The molecule has 2 aromatic rings.